The molecule has 0 aliphatic rings. The third kappa shape index (κ3) is 3.74. The Hall–Kier alpha value is -2.38. The van der Waals surface area contributed by atoms with Crippen LogP contribution in [0, 0.1) is 0 Å². The SMILES string of the molecule is COCCCNc1nc(Nc2ccc(Cl)cc2)c2cnn(C)c2n1. The standard InChI is InChI=1S/C16H19ClN6O/c1-23-15-13(10-19-23)14(20-12-6-4-11(17)5-7-12)21-16(22-15)18-8-3-9-24-2/h4-7,10H,3,8-9H2,1-2H3,(H2,18,20,21,22). The first-order chi connectivity index (χ1) is 11.7. The molecule has 0 aliphatic heterocycles. The van der Waals surface area contributed by atoms with Crippen LogP contribution in [0.4, 0.5) is 17.5 Å². The highest BCUT2D eigenvalue weighted by atomic mass is 35.5. The second kappa shape index (κ2) is 7.46. The number of aryl methyl sites for hydroxylation is 1. The van der Waals surface area contributed by atoms with Crippen molar-refractivity contribution in [1.29, 1.82) is 0 Å². The molecule has 0 bridgehead atoms. The number of hydrogen-bond donors (Lipinski definition) is 2. The zero-order valence-electron chi connectivity index (χ0n) is 13.6. The topological polar surface area (TPSA) is 76.9 Å². The predicted octanol–water partition coefficient (Wildman–Crippen LogP) is 3.21. The molecule has 3 rings (SSSR count). The minimum Gasteiger partial charge on any atom is -0.385 e. The number of anilines is 3. The Kier molecular flexibility index (Phi) is 5.12. The van der Waals surface area contributed by atoms with Gasteiger partial charge < -0.3 is 15.4 Å². The molecule has 0 unspecified atom stereocenters. The Morgan fingerprint density at radius 3 is 2.75 bits per heavy atom. The first-order valence-electron chi connectivity index (χ1n) is 7.62. The van der Waals surface area contributed by atoms with Crippen molar-refractivity contribution in [2.24, 2.45) is 7.05 Å². The van der Waals surface area contributed by atoms with Crippen LogP contribution in [0.2, 0.25) is 5.02 Å². The largest absolute Gasteiger partial charge is 0.385 e. The van der Waals surface area contributed by atoms with Crippen molar-refractivity contribution >= 4 is 40.1 Å². The number of rotatable bonds is 7. The molecule has 0 spiro atoms. The smallest absolute Gasteiger partial charge is 0.226 e. The van der Waals surface area contributed by atoms with Gasteiger partial charge in [-0.25, -0.2) is 0 Å². The van der Waals surface area contributed by atoms with Gasteiger partial charge in [-0.1, -0.05) is 11.6 Å². The second-order valence-corrected chi connectivity index (χ2v) is 5.74. The van der Waals surface area contributed by atoms with Crippen LogP contribution in [0.15, 0.2) is 30.5 Å². The van der Waals surface area contributed by atoms with Gasteiger partial charge in [0.25, 0.3) is 0 Å². The van der Waals surface area contributed by atoms with Gasteiger partial charge in [0.15, 0.2) is 5.65 Å². The number of halogens is 1. The molecule has 8 heteroatoms. The van der Waals surface area contributed by atoms with E-state index in [1.807, 2.05) is 31.3 Å². The van der Waals surface area contributed by atoms with Gasteiger partial charge in [-0.3, -0.25) is 4.68 Å². The Morgan fingerprint density at radius 2 is 2.00 bits per heavy atom. The summed E-state index contributed by atoms with van der Waals surface area (Å²) < 4.78 is 6.78. The molecule has 1 aromatic carbocycles. The molecule has 24 heavy (non-hydrogen) atoms. The molecule has 2 aromatic heterocycles. The lowest BCUT2D eigenvalue weighted by Gasteiger charge is -2.10. The minimum atomic E-state index is 0.554. The van der Waals surface area contributed by atoms with Crippen LogP contribution in [0.5, 0.6) is 0 Å². The second-order valence-electron chi connectivity index (χ2n) is 5.31. The van der Waals surface area contributed by atoms with E-state index in [0.29, 0.717) is 23.4 Å². The average molecular weight is 347 g/mol. The summed E-state index contributed by atoms with van der Waals surface area (Å²) in [4.78, 5) is 9.09. The van der Waals surface area contributed by atoms with E-state index in [9.17, 15) is 0 Å². The Morgan fingerprint density at radius 1 is 1.21 bits per heavy atom. The Labute approximate surface area is 145 Å². The molecule has 0 saturated carbocycles. The first-order valence-corrected chi connectivity index (χ1v) is 8.00. The van der Waals surface area contributed by atoms with Crippen LogP contribution in [0.3, 0.4) is 0 Å². The van der Waals surface area contributed by atoms with Crippen LogP contribution in [-0.2, 0) is 11.8 Å². The molecule has 126 valence electrons. The van der Waals surface area contributed by atoms with Gasteiger partial charge in [0.1, 0.15) is 5.82 Å². The van der Waals surface area contributed by atoms with Gasteiger partial charge in [-0.15, -0.1) is 0 Å². The van der Waals surface area contributed by atoms with E-state index in [2.05, 4.69) is 25.7 Å². The van der Waals surface area contributed by atoms with Gasteiger partial charge in [0, 0.05) is 38.0 Å². The van der Waals surface area contributed by atoms with E-state index >= 15 is 0 Å². The fourth-order valence-electron chi connectivity index (χ4n) is 2.28. The van der Waals surface area contributed by atoms with Crippen molar-refractivity contribution in [3.05, 3.63) is 35.5 Å². The molecule has 0 saturated heterocycles. The maximum absolute atomic E-state index is 5.93. The molecule has 0 radical (unpaired) electrons. The predicted molar refractivity (Wildman–Crippen MR) is 96.0 cm³/mol. The molecule has 0 atom stereocenters. The lowest BCUT2D eigenvalue weighted by atomic mass is 10.3. The normalized spacial score (nSPS) is 11.0. The van der Waals surface area contributed by atoms with Gasteiger partial charge in [-0.05, 0) is 30.7 Å². The number of ether oxygens (including phenoxy) is 1. The highest BCUT2D eigenvalue weighted by molar-refractivity contribution is 6.30. The molecular weight excluding hydrogens is 328 g/mol. The maximum Gasteiger partial charge on any atom is 0.226 e. The molecule has 3 aromatic rings. The summed E-state index contributed by atoms with van der Waals surface area (Å²) in [6.45, 7) is 1.43. The van der Waals surface area contributed by atoms with E-state index in [-0.39, 0.29) is 0 Å². The first kappa shape index (κ1) is 16.5. The molecule has 2 heterocycles. The number of hydrogen-bond acceptors (Lipinski definition) is 6. The molecular formula is C16H19ClN6O. The number of fused-ring (bicyclic) bond motifs is 1. The zero-order valence-corrected chi connectivity index (χ0v) is 14.3. The fraction of sp³-hybridized carbons (Fsp3) is 0.312. The summed E-state index contributed by atoms with van der Waals surface area (Å²) in [6, 6.07) is 7.46. The summed E-state index contributed by atoms with van der Waals surface area (Å²) in [5.74, 6) is 1.25. The lowest BCUT2D eigenvalue weighted by molar-refractivity contribution is 0.197. The maximum atomic E-state index is 5.93. The number of methoxy groups -OCH3 is 1. The molecule has 0 amide bonds. The fourth-order valence-corrected chi connectivity index (χ4v) is 2.41. The van der Waals surface area contributed by atoms with Crippen molar-refractivity contribution in [3.63, 3.8) is 0 Å². The number of nitrogens with zero attached hydrogens (tertiary/aromatic N) is 4. The molecule has 7 nitrogen and oxygen atoms in total. The lowest BCUT2D eigenvalue weighted by Crippen LogP contribution is -2.09. The van der Waals surface area contributed by atoms with E-state index in [1.54, 1.807) is 18.0 Å². The minimum absolute atomic E-state index is 0.554. The van der Waals surface area contributed by atoms with Crippen LogP contribution in [0.1, 0.15) is 6.42 Å². The molecule has 0 aliphatic carbocycles. The van der Waals surface area contributed by atoms with Crippen molar-refractivity contribution < 1.29 is 4.74 Å². The highest BCUT2D eigenvalue weighted by Crippen LogP contribution is 2.25. The van der Waals surface area contributed by atoms with E-state index in [0.717, 1.165) is 29.7 Å². The highest BCUT2D eigenvalue weighted by Gasteiger charge is 2.11. The molecule has 2 N–H and O–H groups in total. The summed E-state index contributed by atoms with van der Waals surface area (Å²) >= 11 is 5.93. The van der Waals surface area contributed by atoms with Gasteiger partial charge in [0.05, 0.1) is 11.6 Å². The zero-order chi connectivity index (χ0) is 16.9. The summed E-state index contributed by atoms with van der Waals surface area (Å²) in [5, 5.41) is 12.3. The van der Waals surface area contributed by atoms with E-state index in [1.165, 1.54) is 0 Å². The number of nitrogens with one attached hydrogen (secondary N) is 2. The third-order valence-corrected chi connectivity index (χ3v) is 3.76. The summed E-state index contributed by atoms with van der Waals surface area (Å²) in [5.41, 5.74) is 1.66. The van der Waals surface area contributed by atoms with Crippen molar-refractivity contribution in [2.45, 2.75) is 6.42 Å². The monoisotopic (exact) mass is 346 g/mol. The third-order valence-electron chi connectivity index (χ3n) is 3.51. The Balaban J connectivity index is 1.88. The van der Waals surface area contributed by atoms with E-state index < -0.39 is 0 Å². The van der Waals surface area contributed by atoms with Gasteiger partial charge in [-0.2, -0.15) is 15.1 Å². The number of aromatic nitrogens is 4. The Bertz CT molecular complexity index is 817. The summed E-state index contributed by atoms with van der Waals surface area (Å²) in [7, 11) is 3.54. The van der Waals surface area contributed by atoms with Gasteiger partial charge in [0.2, 0.25) is 5.95 Å². The van der Waals surface area contributed by atoms with Crippen molar-refractivity contribution in [1.82, 2.24) is 19.7 Å². The van der Waals surface area contributed by atoms with Gasteiger partial charge >= 0.3 is 0 Å². The summed E-state index contributed by atoms with van der Waals surface area (Å²) in [6.07, 6.45) is 2.63. The van der Waals surface area contributed by atoms with Crippen LogP contribution < -0.4 is 10.6 Å². The van der Waals surface area contributed by atoms with Crippen LogP contribution in [0.25, 0.3) is 11.0 Å². The quantitative estimate of drug-likeness (QED) is 0.640. The van der Waals surface area contributed by atoms with Crippen LogP contribution in [-0.4, -0.2) is 40.0 Å². The molecule has 0 fully saturated rings. The average Bonchev–Trinajstić information content (AvgIpc) is 2.95. The van der Waals surface area contributed by atoms with Crippen molar-refractivity contribution in [3.8, 4) is 0 Å². The van der Waals surface area contributed by atoms with E-state index in [4.69, 9.17) is 16.3 Å². The number of benzene rings is 1. The van der Waals surface area contributed by atoms with Crippen LogP contribution >= 0.6 is 11.6 Å². The van der Waals surface area contributed by atoms with Crippen molar-refractivity contribution in [2.75, 3.05) is 30.9 Å².